The molecule has 25 heavy (non-hydrogen) atoms. The average molecular weight is 339 g/mol. The fraction of sp³-hybridized carbons (Fsp3) is 0.476. The van der Waals surface area contributed by atoms with Crippen LogP contribution in [0.25, 0.3) is 0 Å². The van der Waals surface area contributed by atoms with Crippen LogP contribution < -0.4 is 10.2 Å². The molecule has 0 saturated carbocycles. The van der Waals surface area contributed by atoms with Gasteiger partial charge in [-0.25, -0.2) is 4.98 Å². The number of anilines is 3. The number of hydrogen-bond acceptors (Lipinski definition) is 4. The topological polar surface area (TPSA) is 37.4 Å². The van der Waals surface area contributed by atoms with Gasteiger partial charge in [0.05, 0.1) is 13.2 Å². The van der Waals surface area contributed by atoms with E-state index in [2.05, 4.69) is 68.2 Å². The molecule has 0 atom stereocenters. The van der Waals surface area contributed by atoms with Gasteiger partial charge >= 0.3 is 0 Å². The summed E-state index contributed by atoms with van der Waals surface area (Å²) in [5, 5.41) is 3.61. The van der Waals surface area contributed by atoms with E-state index in [9.17, 15) is 0 Å². The van der Waals surface area contributed by atoms with Crippen LogP contribution in [0.5, 0.6) is 0 Å². The molecule has 1 fully saturated rings. The van der Waals surface area contributed by atoms with Crippen molar-refractivity contribution in [3.63, 3.8) is 0 Å². The van der Waals surface area contributed by atoms with Crippen molar-refractivity contribution in [2.75, 3.05) is 36.5 Å². The predicted octanol–water partition coefficient (Wildman–Crippen LogP) is 4.91. The SMILES string of the molecule is CC(C)c1cccc(C(C)C)c1Nc1cccc(N2CCOCC2)n1. The molecular weight excluding hydrogens is 310 g/mol. The van der Waals surface area contributed by atoms with Crippen LogP contribution in [0.1, 0.15) is 50.7 Å². The first-order valence-electron chi connectivity index (χ1n) is 9.26. The van der Waals surface area contributed by atoms with Crippen LogP contribution in [-0.2, 0) is 4.74 Å². The first-order chi connectivity index (χ1) is 12.1. The summed E-state index contributed by atoms with van der Waals surface area (Å²) >= 11 is 0. The molecule has 4 nitrogen and oxygen atoms in total. The van der Waals surface area contributed by atoms with Gasteiger partial charge in [0.25, 0.3) is 0 Å². The minimum Gasteiger partial charge on any atom is -0.378 e. The molecule has 1 aromatic heterocycles. The number of rotatable bonds is 5. The van der Waals surface area contributed by atoms with Gasteiger partial charge in [-0.3, -0.25) is 0 Å². The van der Waals surface area contributed by atoms with E-state index in [1.54, 1.807) is 0 Å². The predicted molar refractivity (Wildman–Crippen MR) is 105 cm³/mol. The summed E-state index contributed by atoms with van der Waals surface area (Å²) < 4.78 is 5.45. The van der Waals surface area contributed by atoms with Crippen molar-refractivity contribution in [3.8, 4) is 0 Å². The third-order valence-corrected chi connectivity index (χ3v) is 4.70. The Morgan fingerprint density at radius 1 is 0.920 bits per heavy atom. The Balaban J connectivity index is 1.92. The number of aromatic nitrogens is 1. The lowest BCUT2D eigenvalue weighted by molar-refractivity contribution is 0.122. The Kier molecular flexibility index (Phi) is 5.59. The molecule has 1 aliphatic rings. The molecule has 4 heteroatoms. The maximum absolute atomic E-state index is 5.45. The zero-order valence-electron chi connectivity index (χ0n) is 15.7. The second-order valence-corrected chi connectivity index (χ2v) is 7.23. The third-order valence-electron chi connectivity index (χ3n) is 4.70. The normalized spacial score (nSPS) is 15.0. The van der Waals surface area contributed by atoms with Gasteiger partial charge in [0.15, 0.2) is 0 Å². The van der Waals surface area contributed by atoms with E-state index in [4.69, 9.17) is 9.72 Å². The van der Waals surface area contributed by atoms with Gasteiger partial charge in [-0.2, -0.15) is 0 Å². The van der Waals surface area contributed by atoms with E-state index in [0.29, 0.717) is 11.8 Å². The Bertz CT molecular complexity index is 680. The molecular formula is C21H29N3O. The number of ether oxygens (including phenoxy) is 1. The zero-order valence-corrected chi connectivity index (χ0v) is 15.7. The fourth-order valence-corrected chi connectivity index (χ4v) is 3.28. The highest BCUT2D eigenvalue weighted by atomic mass is 16.5. The number of pyridine rings is 1. The summed E-state index contributed by atoms with van der Waals surface area (Å²) in [6.07, 6.45) is 0. The molecule has 1 aromatic carbocycles. The lowest BCUT2D eigenvalue weighted by Crippen LogP contribution is -2.36. The van der Waals surface area contributed by atoms with Gasteiger partial charge < -0.3 is 15.0 Å². The molecule has 0 bridgehead atoms. The smallest absolute Gasteiger partial charge is 0.132 e. The quantitative estimate of drug-likeness (QED) is 0.840. The first kappa shape index (κ1) is 17.7. The average Bonchev–Trinajstić information content (AvgIpc) is 2.62. The number of benzene rings is 1. The second kappa shape index (κ2) is 7.87. The lowest BCUT2D eigenvalue weighted by atomic mass is 9.92. The van der Waals surface area contributed by atoms with Gasteiger partial charge in [0.2, 0.25) is 0 Å². The fourth-order valence-electron chi connectivity index (χ4n) is 3.28. The molecule has 0 unspecified atom stereocenters. The van der Waals surface area contributed by atoms with Crippen LogP contribution in [0.2, 0.25) is 0 Å². The largest absolute Gasteiger partial charge is 0.378 e. The maximum Gasteiger partial charge on any atom is 0.132 e. The van der Waals surface area contributed by atoms with E-state index in [1.807, 2.05) is 6.07 Å². The highest BCUT2D eigenvalue weighted by molar-refractivity contribution is 5.67. The summed E-state index contributed by atoms with van der Waals surface area (Å²) in [4.78, 5) is 7.14. The van der Waals surface area contributed by atoms with Crippen molar-refractivity contribution in [1.82, 2.24) is 4.98 Å². The van der Waals surface area contributed by atoms with Gasteiger partial charge in [-0.15, -0.1) is 0 Å². The Hall–Kier alpha value is -2.07. The van der Waals surface area contributed by atoms with Crippen molar-refractivity contribution in [3.05, 3.63) is 47.5 Å². The molecule has 0 amide bonds. The van der Waals surface area contributed by atoms with Crippen molar-refractivity contribution >= 4 is 17.3 Å². The minimum atomic E-state index is 0.462. The van der Waals surface area contributed by atoms with Crippen LogP contribution in [0.4, 0.5) is 17.3 Å². The number of nitrogens with zero attached hydrogens (tertiary/aromatic N) is 2. The van der Waals surface area contributed by atoms with Crippen molar-refractivity contribution in [2.24, 2.45) is 0 Å². The molecule has 2 heterocycles. The molecule has 0 radical (unpaired) electrons. The Morgan fingerprint density at radius 2 is 1.52 bits per heavy atom. The highest BCUT2D eigenvalue weighted by Gasteiger charge is 2.16. The molecule has 2 aromatic rings. The monoisotopic (exact) mass is 339 g/mol. The Labute approximate surface area is 151 Å². The molecule has 1 N–H and O–H groups in total. The maximum atomic E-state index is 5.45. The van der Waals surface area contributed by atoms with Crippen LogP contribution >= 0.6 is 0 Å². The summed E-state index contributed by atoms with van der Waals surface area (Å²) in [5.74, 6) is 2.84. The van der Waals surface area contributed by atoms with E-state index < -0.39 is 0 Å². The van der Waals surface area contributed by atoms with E-state index in [1.165, 1.54) is 16.8 Å². The van der Waals surface area contributed by atoms with Crippen molar-refractivity contribution in [1.29, 1.82) is 0 Å². The van der Waals surface area contributed by atoms with Crippen LogP contribution in [-0.4, -0.2) is 31.3 Å². The van der Waals surface area contributed by atoms with Gasteiger partial charge in [-0.1, -0.05) is 52.0 Å². The molecule has 0 aliphatic carbocycles. The number of hydrogen-bond donors (Lipinski definition) is 1. The zero-order chi connectivity index (χ0) is 17.8. The third kappa shape index (κ3) is 4.13. The number of nitrogens with one attached hydrogen (secondary N) is 1. The van der Waals surface area contributed by atoms with Crippen molar-refractivity contribution in [2.45, 2.75) is 39.5 Å². The standard InChI is InChI=1S/C21H29N3O/c1-15(2)17-7-5-8-18(16(3)4)21(17)23-19-9-6-10-20(22-19)24-11-13-25-14-12-24/h5-10,15-16H,11-14H2,1-4H3,(H,22,23). The Morgan fingerprint density at radius 3 is 2.12 bits per heavy atom. The lowest BCUT2D eigenvalue weighted by Gasteiger charge is -2.28. The number of para-hydroxylation sites is 1. The van der Waals surface area contributed by atoms with Gasteiger partial charge in [0.1, 0.15) is 11.6 Å². The second-order valence-electron chi connectivity index (χ2n) is 7.23. The summed E-state index contributed by atoms with van der Waals surface area (Å²) in [7, 11) is 0. The van der Waals surface area contributed by atoms with Crippen LogP contribution in [0.3, 0.4) is 0 Å². The molecule has 134 valence electrons. The van der Waals surface area contributed by atoms with Crippen LogP contribution in [0.15, 0.2) is 36.4 Å². The molecule has 1 saturated heterocycles. The first-order valence-corrected chi connectivity index (χ1v) is 9.26. The van der Waals surface area contributed by atoms with Crippen molar-refractivity contribution < 1.29 is 4.74 Å². The molecule has 3 rings (SSSR count). The summed E-state index contributed by atoms with van der Waals surface area (Å²) in [6, 6.07) is 12.8. The van der Waals surface area contributed by atoms with Gasteiger partial charge in [-0.05, 0) is 35.1 Å². The minimum absolute atomic E-state index is 0.462. The van der Waals surface area contributed by atoms with Crippen LogP contribution in [0, 0.1) is 0 Å². The van der Waals surface area contributed by atoms with E-state index in [-0.39, 0.29) is 0 Å². The summed E-state index contributed by atoms with van der Waals surface area (Å²) in [6.45, 7) is 12.3. The highest BCUT2D eigenvalue weighted by Crippen LogP contribution is 2.34. The molecule has 0 spiro atoms. The number of morpholine rings is 1. The van der Waals surface area contributed by atoms with Gasteiger partial charge in [0, 0.05) is 18.8 Å². The van der Waals surface area contributed by atoms with E-state index in [0.717, 1.165) is 37.9 Å². The summed E-state index contributed by atoms with van der Waals surface area (Å²) in [5.41, 5.74) is 3.88. The van der Waals surface area contributed by atoms with E-state index >= 15 is 0 Å². The molecule has 1 aliphatic heterocycles.